The Hall–Kier alpha value is -6.44. The lowest BCUT2D eigenvalue weighted by atomic mass is 9.81. The van der Waals surface area contributed by atoms with Gasteiger partial charge in [0.1, 0.15) is 0 Å². The van der Waals surface area contributed by atoms with Crippen LogP contribution in [0, 0.1) is 0 Å². The lowest BCUT2D eigenvalue weighted by molar-refractivity contribution is 0.660. The second-order valence-corrected chi connectivity index (χ2v) is 16.1. The molecule has 2 aliphatic rings. The number of nitrogens with zero attached hydrogens (tertiary/aromatic N) is 1. The molecule has 0 N–H and O–H groups in total. The third-order valence-corrected chi connectivity index (χ3v) is 12.3. The zero-order chi connectivity index (χ0) is 37.3. The van der Waals surface area contributed by atoms with E-state index in [-0.39, 0.29) is 10.8 Å². The van der Waals surface area contributed by atoms with Crippen LogP contribution in [-0.4, -0.2) is 0 Å². The minimum Gasteiger partial charge on any atom is -0.309 e. The Kier molecular flexibility index (Phi) is 7.58. The Labute approximate surface area is 325 Å². The maximum absolute atomic E-state index is 2.50. The minimum atomic E-state index is -0.0923. The van der Waals surface area contributed by atoms with Crippen molar-refractivity contribution in [3.63, 3.8) is 0 Å². The van der Waals surface area contributed by atoms with Crippen molar-refractivity contribution in [2.24, 2.45) is 0 Å². The van der Waals surface area contributed by atoms with E-state index in [9.17, 15) is 0 Å². The fourth-order valence-electron chi connectivity index (χ4n) is 9.52. The summed E-state index contributed by atoms with van der Waals surface area (Å²) in [6, 6.07) is 69.5. The maximum Gasteiger partial charge on any atom is 0.0540 e. The van der Waals surface area contributed by atoms with Crippen LogP contribution in [0.5, 0.6) is 0 Å². The first-order chi connectivity index (χ1) is 26.8. The van der Waals surface area contributed by atoms with Crippen LogP contribution in [0.15, 0.2) is 188 Å². The van der Waals surface area contributed by atoms with Gasteiger partial charge in [0.05, 0.1) is 11.4 Å². The normalized spacial score (nSPS) is 14.1. The molecule has 0 spiro atoms. The first-order valence-corrected chi connectivity index (χ1v) is 19.4. The first-order valence-electron chi connectivity index (χ1n) is 19.4. The molecule has 10 rings (SSSR count). The van der Waals surface area contributed by atoms with Crippen LogP contribution >= 0.6 is 0 Å². The van der Waals surface area contributed by atoms with Gasteiger partial charge in [0, 0.05) is 27.6 Å². The third-order valence-electron chi connectivity index (χ3n) is 12.3. The van der Waals surface area contributed by atoms with Crippen LogP contribution in [-0.2, 0) is 10.8 Å². The molecule has 0 saturated heterocycles. The van der Waals surface area contributed by atoms with Gasteiger partial charge in [-0.15, -0.1) is 0 Å². The van der Waals surface area contributed by atoms with Gasteiger partial charge in [-0.05, 0) is 97.1 Å². The van der Waals surface area contributed by atoms with E-state index in [0.717, 1.165) is 17.1 Å². The molecule has 0 heterocycles. The zero-order valence-corrected chi connectivity index (χ0v) is 31.8. The Morgan fingerprint density at radius 2 is 0.818 bits per heavy atom. The number of anilines is 3. The summed E-state index contributed by atoms with van der Waals surface area (Å²) in [6.45, 7) is 9.45. The monoisotopic (exact) mass is 705 g/mol. The Morgan fingerprint density at radius 3 is 1.58 bits per heavy atom. The van der Waals surface area contributed by atoms with Crippen molar-refractivity contribution in [3.05, 3.63) is 210 Å². The van der Waals surface area contributed by atoms with Crippen LogP contribution in [0.25, 0.3) is 55.6 Å². The molecule has 8 aromatic rings. The van der Waals surface area contributed by atoms with Crippen molar-refractivity contribution in [1.29, 1.82) is 0 Å². The molecule has 264 valence electrons. The second-order valence-electron chi connectivity index (χ2n) is 16.1. The first kappa shape index (κ1) is 33.2. The van der Waals surface area contributed by atoms with Crippen molar-refractivity contribution in [2.75, 3.05) is 4.90 Å². The molecule has 0 atom stereocenters. The van der Waals surface area contributed by atoms with E-state index in [0.29, 0.717) is 0 Å². The highest BCUT2D eigenvalue weighted by atomic mass is 15.1. The summed E-state index contributed by atoms with van der Waals surface area (Å²) >= 11 is 0. The van der Waals surface area contributed by atoms with Gasteiger partial charge >= 0.3 is 0 Å². The fourth-order valence-corrected chi connectivity index (χ4v) is 9.52. The van der Waals surface area contributed by atoms with Crippen LogP contribution in [0.3, 0.4) is 0 Å². The van der Waals surface area contributed by atoms with Crippen LogP contribution in [0.1, 0.15) is 49.9 Å². The summed E-state index contributed by atoms with van der Waals surface area (Å²) in [4.78, 5) is 2.50. The smallest absolute Gasteiger partial charge is 0.0540 e. The van der Waals surface area contributed by atoms with Gasteiger partial charge in [-0.25, -0.2) is 0 Å². The summed E-state index contributed by atoms with van der Waals surface area (Å²) in [5.74, 6) is 0. The molecule has 2 aliphatic carbocycles. The van der Waals surface area contributed by atoms with Gasteiger partial charge in [-0.2, -0.15) is 0 Å². The molecule has 1 heteroatoms. The van der Waals surface area contributed by atoms with Crippen molar-refractivity contribution < 1.29 is 0 Å². The molecule has 55 heavy (non-hydrogen) atoms. The fraction of sp³-hybridized carbons (Fsp3) is 0.111. The van der Waals surface area contributed by atoms with E-state index in [2.05, 4.69) is 221 Å². The SMILES string of the molecule is CC1(C)c2ccccc2-c2ccc(-c3ccccc3N(c3cccc(-c4ccccc4)c3)c3ccccc3-c3cccc4c3-c3ccccc3C4(C)C)cc21. The lowest BCUT2D eigenvalue weighted by Crippen LogP contribution is -2.15. The molecule has 8 aromatic carbocycles. The van der Waals surface area contributed by atoms with Crippen LogP contribution in [0.4, 0.5) is 17.1 Å². The standard InChI is InChI=1S/C54H43N/c1-53(2)47-28-13-9-25-45(47)52-44(26-17-29-48(52)53)43-24-11-15-31-51(43)55(39-21-16-20-37(34-39)36-18-6-5-7-19-36)50-30-14-10-22-40(50)38-32-33-42-41-23-8-12-27-46(41)54(3,4)49(42)35-38/h5-35H,1-4H3. The number of rotatable bonds is 6. The molecule has 0 amide bonds. The van der Waals surface area contributed by atoms with E-state index in [1.807, 2.05) is 0 Å². The van der Waals surface area contributed by atoms with Gasteiger partial charge in [-0.1, -0.05) is 185 Å². The number of benzene rings is 8. The van der Waals surface area contributed by atoms with Gasteiger partial charge < -0.3 is 4.90 Å². The average Bonchev–Trinajstić information content (AvgIpc) is 3.61. The highest BCUT2D eigenvalue weighted by Crippen LogP contribution is 2.55. The number of hydrogen-bond donors (Lipinski definition) is 0. The van der Waals surface area contributed by atoms with Crippen LogP contribution < -0.4 is 4.90 Å². The second kappa shape index (κ2) is 12.6. The molecule has 0 fully saturated rings. The topological polar surface area (TPSA) is 3.24 Å². The molecule has 0 unspecified atom stereocenters. The van der Waals surface area contributed by atoms with Crippen molar-refractivity contribution in [2.45, 2.75) is 38.5 Å². The molecular formula is C54H43N. The van der Waals surface area contributed by atoms with Crippen LogP contribution in [0.2, 0.25) is 0 Å². The largest absolute Gasteiger partial charge is 0.309 e. The highest BCUT2D eigenvalue weighted by molar-refractivity contribution is 6.00. The molecule has 0 aromatic heterocycles. The highest BCUT2D eigenvalue weighted by Gasteiger charge is 2.38. The predicted octanol–water partition coefficient (Wildman–Crippen LogP) is 14.8. The van der Waals surface area contributed by atoms with Gasteiger partial charge in [0.25, 0.3) is 0 Å². The van der Waals surface area contributed by atoms with Crippen molar-refractivity contribution >= 4 is 17.1 Å². The third kappa shape index (κ3) is 5.14. The molecule has 0 radical (unpaired) electrons. The number of para-hydroxylation sites is 2. The Bertz CT molecular complexity index is 2770. The molecule has 0 bridgehead atoms. The zero-order valence-electron chi connectivity index (χ0n) is 31.8. The number of hydrogen-bond acceptors (Lipinski definition) is 1. The Balaban J connectivity index is 1.21. The summed E-state index contributed by atoms with van der Waals surface area (Å²) < 4.78 is 0. The van der Waals surface area contributed by atoms with E-state index >= 15 is 0 Å². The number of fused-ring (bicyclic) bond motifs is 6. The Morgan fingerprint density at radius 1 is 0.309 bits per heavy atom. The molecule has 0 saturated carbocycles. The van der Waals surface area contributed by atoms with E-state index in [4.69, 9.17) is 0 Å². The average molecular weight is 706 g/mol. The van der Waals surface area contributed by atoms with Gasteiger partial charge in [0.2, 0.25) is 0 Å². The van der Waals surface area contributed by atoms with Gasteiger partial charge in [0.15, 0.2) is 0 Å². The van der Waals surface area contributed by atoms with E-state index in [1.165, 1.54) is 77.9 Å². The summed E-state index contributed by atoms with van der Waals surface area (Å²) in [5.41, 5.74) is 21.3. The molecule has 0 aliphatic heterocycles. The maximum atomic E-state index is 2.50. The van der Waals surface area contributed by atoms with Gasteiger partial charge in [-0.3, -0.25) is 0 Å². The minimum absolute atomic E-state index is 0.0891. The van der Waals surface area contributed by atoms with E-state index < -0.39 is 0 Å². The summed E-state index contributed by atoms with van der Waals surface area (Å²) in [6.07, 6.45) is 0. The lowest BCUT2D eigenvalue weighted by Gasteiger charge is -2.31. The summed E-state index contributed by atoms with van der Waals surface area (Å²) in [7, 11) is 0. The molecule has 1 nitrogen and oxygen atoms in total. The van der Waals surface area contributed by atoms with E-state index in [1.54, 1.807) is 0 Å². The predicted molar refractivity (Wildman–Crippen MR) is 233 cm³/mol. The van der Waals surface area contributed by atoms with Crippen molar-refractivity contribution in [3.8, 4) is 55.6 Å². The summed E-state index contributed by atoms with van der Waals surface area (Å²) in [5, 5.41) is 0. The quantitative estimate of drug-likeness (QED) is 0.166. The molecular weight excluding hydrogens is 663 g/mol. The van der Waals surface area contributed by atoms with Crippen molar-refractivity contribution in [1.82, 2.24) is 0 Å².